The number of likely N-dealkylation sites (tertiary alicyclic amines) is 1. The Morgan fingerprint density at radius 1 is 1.12 bits per heavy atom. The summed E-state index contributed by atoms with van der Waals surface area (Å²) in [6.45, 7) is 4.47. The minimum absolute atomic E-state index is 0.284. The molecule has 0 bridgehead atoms. The lowest BCUT2D eigenvalue weighted by Gasteiger charge is -2.32. The maximum absolute atomic E-state index is 12.4. The molecule has 3 rings (SSSR count). The van der Waals surface area contributed by atoms with Crippen LogP contribution in [0.3, 0.4) is 0 Å². The van der Waals surface area contributed by atoms with Gasteiger partial charge in [-0.15, -0.1) is 0 Å². The quantitative estimate of drug-likeness (QED) is 0.872. The second kappa shape index (κ2) is 9.19. The van der Waals surface area contributed by atoms with E-state index in [4.69, 9.17) is 0 Å². The van der Waals surface area contributed by atoms with Gasteiger partial charge < -0.3 is 10.2 Å². The van der Waals surface area contributed by atoms with E-state index in [0.29, 0.717) is 18.5 Å². The molecule has 1 aromatic rings. The number of allylic oxidation sites excluding steroid dienone is 1. The van der Waals surface area contributed by atoms with Gasteiger partial charge in [0.25, 0.3) is 0 Å². The van der Waals surface area contributed by atoms with Gasteiger partial charge >= 0.3 is 0 Å². The monoisotopic (exact) mass is 340 g/mol. The minimum atomic E-state index is 0.284. The molecule has 0 radical (unpaired) electrons. The number of hydrogen-bond donors (Lipinski definition) is 1. The molecular formula is C22H32N2O. The van der Waals surface area contributed by atoms with Gasteiger partial charge in [0.05, 0.1) is 6.54 Å². The summed E-state index contributed by atoms with van der Waals surface area (Å²) in [5.41, 5.74) is 2.62. The van der Waals surface area contributed by atoms with E-state index in [0.717, 1.165) is 25.9 Å². The Morgan fingerprint density at radius 3 is 2.56 bits per heavy atom. The molecule has 3 heteroatoms. The summed E-state index contributed by atoms with van der Waals surface area (Å²) >= 11 is 0. The van der Waals surface area contributed by atoms with Crippen molar-refractivity contribution in [2.45, 2.75) is 57.9 Å². The van der Waals surface area contributed by atoms with E-state index in [1.165, 1.54) is 43.2 Å². The van der Waals surface area contributed by atoms with Gasteiger partial charge in [0.15, 0.2) is 0 Å². The number of carbonyl (C=O) groups excluding carboxylic acids is 1. The zero-order chi connectivity index (χ0) is 17.5. The SMILES string of the molecule is Cc1ccccc1C=CC1CCN(C(=O)CNC2CCCCC2)CC1. The summed E-state index contributed by atoms with van der Waals surface area (Å²) < 4.78 is 0. The lowest BCUT2D eigenvalue weighted by Crippen LogP contribution is -2.45. The van der Waals surface area contributed by atoms with Gasteiger partial charge in [0.1, 0.15) is 0 Å². The first-order chi connectivity index (χ1) is 12.2. The Labute approximate surface area is 152 Å². The van der Waals surface area contributed by atoms with Crippen molar-refractivity contribution in [3.05, 3.63) is 41.5 Å². The topological polar surface area (TPSA) is 32.3 Å². The highest BCUT2D eigenvalue weighted by Crippen LogP contribution is 2.21. The van der Waals surface area contributed by atoms with Crippen LogP contribution < -0.4 is 5.32 Å². The summed E-state index contributed by atoms with van der Waals surface area (Å²) in [6, 6.07) is 9.06. The van der Waals surface area contributed by atoms with Crippen LogP contribution in [0.1, 0.15) is 56.1 Å². The summed E-state index contributed by atoms with van der Waals surface area (Å²) in [4.78, 5) is 14.5. The van der Waals surface area contributed by atoms with Crippen LogP contribution in [0.25, 0.3) is 6.08 Å². The maximum Gasteiger partial charge on any atom is 0.236 e. The smallest absolute Gasteiger partial charge is 0.236 e. The fraction of sp³-hybridized carbons (Fsp3) is 0.591. The normalized spacial score (nSPS) is 20.3. The molecule has 1 aliphatic heterocycles. The van der Waals surface area contributed by atoms with E-state index < -0.39 is 0 Å². The van der Waals surface area contributed by atoms with Crippen molar-refractivity contribution in [2.24, 2.45) is 5.92 Å². The van der Waals surface area contributed by atoms with Crippen molar-refractivity contribution in [1.29, 1.82) is 0 Å². The first-order valence-corrected chi connectivity index (χ1v) is 9.97. The van der Waals surface area contributed by atoms with Gasteiger partial charge in [0.2, 0.25) is 5.91 Å². The molecule has 1 aromatic carbocycles. The third-order valence-corrected chi connectivity index (χ3v) is 5.78. The van der Waals surface area contributed by atoms with Crippen LogP contribution in [0.5, 0.6) is 0 Å². The van der Waals surface area contributed by atoms with Crippen molar-refractivity contribution in [1.82, 2.24) is 10.2 Å². The summed E-state index contributed by atoms with van der Waals surface area (Å²) in [7, 11) is 0. The van der Waals surface area contributed by atoms with Crippen molar-refractivity contribution < 1.29 is 4.79 Å². The third kappa shape index (κ3) is 5.43. The van der Waals surface area contributed by atoms with Crippen molar-refractivity contribution in [3.63, 3.8) is 0 Å². The van der Waals surface area contributed by atoms with Gasteiger partial charge in [-0.05, 0) is 49.7 Å². The second-order valence-corrected chi connectivity index (χ2v) is 7.65. The van der Waals surface area contributed by atoms with Crippen molar-refractivity contribution in [2.75, 3.05) is 19.6 Å². The molecule has 3 nitrogen and oxygen atoms in total. The van der Waals surface area contributed by atoms with Crippen molar-refractivity contribution in [3.8, 4) is 0 Å². The average Bonchev–Trinajstić information content (AvgIpc) is 2.67. The number of benzene rings is 1. The molecule has 1 amide bonds. The summed E-state index contributed by atoms with van der Waals surface area (Å²) in [5, 5.41) is 3.48. The molecule has 1 saturated heterocycles. The van der Waals surface area contributed by atoms with Crippen LogP contribution in [0.2, 0.25) is 0 Å². The molecule has 1 N–H and O–H groups in total. The van der Waals surface area contributed by atoms with Crippen LogP contribution >= 0.6 is 0 Å². The van der Waals surface area contributed by atoms with Gasteiger partial charge in [0, 0.05) is 19.1 Å². The first kappa shape index (κ1) is 18.2. The number of nitrogens with one attached hydrogen (secondary N) is 1. The molecule has 0 aromatic heterocycles. The predicted molar refractivity (Wildman–Crippen MR) is 104 cm³/mol. The molecule has 25 heavy (non-hydrogen) atoms. The molecule has 2 aliphatic rings. The molecule has 1 saturated carbocycles. The molecule has 0 spiro atoms. The van der Waals surface area contributed by atoms with Gasteiger partial charge in [-0.3, -0.25) is 4.79 Å². The lowest BCUT2D eigenvalue weighted by atomic mass is 9.94. The van der Waals surface area contributed by atoms with Crippen LogP contribution in [-0.4, -0.2) is 36.5 Å². The van der Waals surface area contributed by atoms with E-state index in [9.17, 15) is 4.79 Å². The molecule has 1 heterocycles. The van der Waals surface area contributed by atoms with Crippen LogP contribution in [-0.2, 0) is 4.79 Å². The minimum Gasteiger partial charge on any atom is -0.342 e. The predicted octanol–water partition coefficient (Wildman–Crippen LogP) is 4.17. The average molecular weight is 341 g/mol. The van der Waals surface area contributed by atoms with Crippen LogP contribution in [0, 0.1) is 12.8 Å². The van der Waals surface area contributed by atoms with E-state index in [2.05, 4.69) is 48.7 Å². The number of nitrogens with zero attached hydrogens (tertiary/aromatic N) is 1. The second-order valence-electron chi connectivity index (χ2n) is 7.65. The Balaban J connectivity index is 1.40. The molecule has 0 atom stereocenters. The Morgan fingerprint density at radius 2 is 1.84 bits per heavy atom. The van der Waals surface area contributed by atoms with Gasteiger partial charge in [-0.1, -0.05) is 55.7 Å². The maximum atomic E-state index is 12.4. The molecule has 2 fully saturated rings. The van der Waals surface area contributed by atoms with Crippen LogP contribution in [0.4, 0.5) is 0 Å². The number of carbonyl (C=O) groups is 1. The summed E-state index contributed by atoms with van der Waals surface area (Å²) in [5.74, 6) is 0.877. The highest BCUT2D eigenvalue weighted by atomic mass is 16.2. The zero-order valence-electron chi connectivity index (χ0n) is 15.5. The number of hydrogen-bond acceptors (Lipinski definition) is 2. The molecule has 1 aliphatic carbocycles. The largest absolute Gasteiger partial charge is 0.342 e. The van der Waals surface area contributed by atoms with Gasteiger partial charge in [-0.25, -0.2) is 0 Å². The zero-order valence-corrected chi connectivity index (χ0v) is 15.5. The Kier molecular flexibility index (Phi) is 6.69. The first-order valence-electron chi connectivity index (χ1n) is 9.97. The Bertz CT molecular complexity index is 581. The Hall–Kier alpha value is -1.61. The van der Waals surface area contributed by atoms with E-state index in [1.807, 2.05) is 4.90 Å². The standard InChI is InChI=1S/C22H32N2O/c1-18-7-5-6-8-20(18)12-11-19-13-15-24(16-14-19)22(25)17-23-21-9-3-2-4-10-21/h5-8,11-12,19,21,23H,2-4,9-10,13-17H2,1H3. The lowest BCUT2D eigenvalue weighted by molar-refractivity contribution is -0.131. The van der Waals surface area contributed by atoms with E-state index in [-0.39, 0.29) is 5.91 Å². The van der Waals surface area contributed by atoms with Gasteiger partial charge in [-0.2, -0.15) is 0 Å². The fourth-order valence-corrected chi connectivity index (χ4v) is 4.01. The third-order valence-electron chi connectivity index (χ3n) is 5.78. The fourth-order valence-electron chi connectivity index (χ4n) is 4.01. The molecular weight excluding hydrogens is 308 g/mol. The van der Waals surface area contributed by atoms with E-state index in [1.54, 1.807) is 0 Å². The highest BCUT2D eigenvalue weighted by Gasteiger charge is 2.22. The number of piperidine rings is 1. The number of aryl methyl sites for hydroxylation is 1. The number of rotatable bonds is 5. The molecule has 136 valence electrons. The van der Waals surface area contributed by atoms with E-state index >= 15 is 0 Å². The van der Waals surface area contributed by atoms with Crippen molar-refractivity contribution >= 4 is 12.0 Å². The highest BCUT2D eigenvalue weighted by molar-refractivity contribution is 5.78. The molecule has 0 unspecified atom stereocenters. The number of amides is 1. The van der Waals surface area contributed by atoms with Crippen LogP contribution in [0.15, 0.2) is 30.3 Å². The summed E-state index contributed by atoms with van der Waals surface area (Å²) in [6.07, 6.45) is 13.2.